The standard InChI is InChI=1S/C29H23ClF3N5O5/c1-4-41-16(2)26-35-14-19(28(38-26)42-15-17-5-7-21(40-3)8-6-17)11-23-36-25(29(31,32)33)24(27(39)37-23)43-22-10-18(13-34)9-20(30)12-22/h5-10,12,14H,2,4,11,15H2,1,3H3,(H,36,37,39). The van der Waals surface area contributed by atoms with Gasteiger partial charge in [-0.15, -0.1) is 0 Å². The lowest BCUT2D eigenvalue weighted by atomic mass is 10.2. The molecule has 0 radical (unpaired) electrons. The largest absolute Gasteiger partial charge is 0.497 e. The number of methoxy groups -OCH3 is 1. The fourth-order valence-corrected chi connectivity index (χ4v) is 3.97. The van der Waals surface area contributed by atoms with Crippen molar-refractivity contribution in [1.82, 2.24) is 19.9 Å². The number of ether oxygens (including phenoxy) is 4. The first-order valence-corrected chi connectivity index (χ1v) is 12.9. The van der Waals surface area contributed by atoms with Gasteiger partial charge in [-0.2, -0.15) is 23.4 Å². The molecule has 2 aromatic heterocycles. The van der Waals surface area contributed by atoms with E-state index in [2.05, 4.69) is 26.5 Å². The number of benzene rings is 2. The molecular formula is C29H23ClF3N5O5. The van der Waals surface area contributed by atoms with E-state index in [0.29, 0.717) is 12.4 Å². The molecular weight excluding hydrogens is 591 g/mol. The van der Waals surface area contributed by atoms with Crippen molar-refractivity contribution in [2.75, 3.05) is 13.7 Å². The summed E-state index contributed by atoms with van der Waals surface area (Å²) in [6.45, 7) is 5.88. The summed E-state index contributed by atoms with van der Waals surface area (Å²) in [5, 5.41) is 9.16. The van der Waals surface area contributed by atoms with E-state index < -0.39 is 23.2 Å². The van der Waals surface area contributed by atoms with Crippen LogP contribution in [0.1, 0.15) is 41.0 Å². The number of nitrogens with one attached hydrogen (secondary N) is 1. The fraction of sp³-hybridized carbons (Fsp3) is 0.207. The van der Waals surface area contributed by atoms with E-state index >= 15 is 0 Å². The second-order valence-electron chi connectivity index (χ2n) is 8.77. The van der Waals surface area contributed by atoms with Crippen LogP contribution in [0.25, 0.3) is 5.76 Å². The first kappa shape index (κ1) is 30.9. The normalized spacial score (nSPS) is 11.0. The fourth-order valence-electron chi connectivity index (χ4n) is 3.75. The highest BCUT2D eigenvalue weighted by molar-refractivity contribution is 6.30. The Hall–Kier alpha value is -5.09. The zero-order valence-corrected chi connectivity index (χ0v) is 23.5. The molecule has 0 saturated carbocycles. The summed E-state index contributed by atoms with van der Waals surface area (Å²) in [5.41, 5.74) is -1.79. The number of nitriles is 1. The lowest BCUT2D eigenvalue weighted by Crippen LogP contribution is -2.22. The maximum atomic E-state index is 14.1. The van der Waals surface area contributed by atoms with E-state index in [1.807, 2.05) is 6.07 Å². The smallest absolute Gasteiger partial charge is 0.437 e. The van der Waals surface area contributed by atoms with Crippen molar-refractivity contribution in [2.45, 2.75) is 26.1 Å². The van der Waals surface area contributed by atoms with E-state index in [0.717, 1.165) is 17.7 Å². The van der Waals surface area contributed by atoms with Crippen molar-refractivity contribution in [3.8, 4) is 29.2 Å². The maximum absolute atomic E-state index is 14.1. The molecule has 2 heterocycles. The Bertz CT molecular complexity index is 1740. The molecule has 0 aliphatic heterocycles. The molecule has 0 bridgehead atoms. The van der Waals surface area contributed by atoms with E-state index in [1.165, 1.54) is 19.4 Å². The second-order valence-corrected chi connectivity index (χ2v) is 9.21. The van der Waals surface area contributed by atoms with Gasteiger partial charge in [-0.05, 0) is 42.8 Å². The van der Waals surface area contributed by atoms with Gasteiger partial charge in [0, 0.05) is 23.2 Å². The predicted octanol–water partition coefficient (Wildman–Crippen LogP) is 6.08. The number of alkyl halides is 3. The first-order chi connectivity index (χ1) is 20.5. The number of halogens is 4. The summed E-state index contributed by atoms with van der Waals surface area (Å²) in [7, 11) is 1.54. The minimum Gasteiger partial charge on any atom is -0.497 e. The Kier molecular flexibility index (Phi) is 9.52. The molecule has 0 fully saturated rings. The molecule has 222 valence electrons. The van der Waals surface area contributed by atoms with Crippen molar-refractivity contribution in [3.05, 3.63) is 105 Å². The SMILES string of the molecule is C=C(OCC)c1ncc(Cc2nc(C(F)(F)F)c(Oc3cc(Cl)cc(C#N)c3)c(=O)[nH]2)c(OCc2ccc(OC)cc2)n1. The van der Waals surface area contributed by atoms with Gasteiger partial charge in [0.1, 0.15) is 23.9 Å². The maximum Gasteiger partial charge on any atom is 0.437 e. The zero-order chi connectivity index (χ0) is 31.1. The topological polar surface area (TPSA) is 132 Å². The van der Waals surface area contributed by atoms with Crippen LogP contribution in [0.3, 0.4) is 0 Å². The van der Waals surface area contributed by atoms with E-state index in [4.69, 9.17) is 35.8 Å². The van der Waals surface area contributed by atoms with Gasteiger partial charge in [0.05, 0.1) is 25.3 Å². The lowest BCUT2D eigenvalue weighted by Gasteiger charge is -2.15. The molecule has 0 spiro atoms. The van der Waals surface area contributed by atoms with Gasteiger partial charge < -0.3 is 23.9 Å². The Morgan fingerprint density at radius 2 is 1.88 bits per heavy atom. The molecule has 0 saturated heterocycles. The van der Waals surface area contributed by atoms with E-state index in [9.17, 15) is 18.0 Å². The molecule has 4 aromatic rings. The molecule has 0 unspecified atom stereocenters. The average molecular weight is 614 g/mol. The van der Waals surface area contributed by atoms with Gasteiger partial charge in [0.15, 0.2) is 17.3 Å². The number of hydrogen-bond acceptors (Lipinski definition) is 9. The third-order valence-corrected chi connectivity index (χ3v) is 5.92. The highest BCUT2D eigenvalue weighted by atomic mass is 35.5. The molecule has 0 aliphatic carbocycles. The summed E-state index contributed by atoms with van der Waals surface area (Å²) in [4.78, 5) is 27.4. The molecule has 10 nitrogen and oxygen atoms in total. The summed E-state index contributed by atoms with van der Waals surface area (Å²) >= 11 is 5.92. The quantitative estimate of drug-likeness (QED) is 0.200. The molecule has 1 N–H and O–H groups in total. The van der Waals surface area contributed by atoms with Crippen molar-refractivity contribution < 1.29 is 32.1 Å². The third-order valence-electron chi connectivity index (χ3n) is 5.70. The summed E-state index contributed by atoms with van der Waals surface area (Å²) in [5.74, 6) is -0.791. The van der Waals surface area contributed by atoms with Crippen LogP contribution in [0.4, 0.5) is 13.2 Å². The molecule has 0 amide bonds. The van der Waals surface area contributed by atoms with Crippen LogP contribution >= 0.6 is 11.6 Å². The van der Waals surface area contributed by atoms with Crippen LogP contribution in [0.15, 0.2) is 60.0 Å². The van der Waals surface area contributed by atoms with Crippen molar-refractivity contribution in [3.63, 3.8) is 0 Å². The van der Waals surface area contributed by atoms with Crippen LogP contribution in [0, 0.1) is 11.3 Å². The monoisotopic (exact) mass is 613 g/mol. The van der Waals surface area contributed by atoms with Gasteiger partial charge in [0.25, 0.3) is 5.56 Å². The number of H-pyrrole nitrogens is 1. The van der Waals surface area contributed by atoms with Crippen LogP contribution in [0.2, 0.25) is 5.02 Å². The van der Waals surface area contributed by atoms with Crippen LogP contribution < -0.4 is 19.8 Å². The molecule has 4 rings (SSSR count). The van der Waals surface area contributed by atoms with Crippen molar-refractivity contribution >= 4 is 17.4 Å². The molecule has 0 aliphatic rings. The number of hydrogen-bond donors (Lipinski definition) is 1. The average Bonchev–Trinajstić information content (AvgIpc) is 2.97. The first-order valence-electron chi connectivity index (χ1n) is 12.5. The van der Waals surface area contributed by atoms with Crippen LogP contribution in [-0.2, 0) is 23.9 Å². The molecule has 0 atom stereocenters. The number of nitrogens with zero attached hydrogens (tertiary/aromatic N) is 4. The van der Waals surface area contributed by atoms with Crippen LogP contribution in [-0.4, -0.2) is 33.7 Å². The number of aromatic amines is 1. The summed E-state index contributed by atoms with van der Waals surface area (Å²) in [6, 6.07) is 12.4. The van der Waals surface area contributed by atoms with Gasteiger partial charge >= 0.3 is 6.18 Å². The molecule has 43 heavy (non-hydrogen) atoms. The Balaban J connectivity index is 1.70. The minimum atomic E-state index is -5.07. The summed E-state index contributed by atoms with van der Waals surface area (Å²) < 4.78 is 63.9. The van der Waals surface area contributed by atoms with Crippen LogP contribution in [0.5, 0.6) is 23.1 Å². The third kappa shape index (κ3) is 7.81. The van der Waals surface area contributed by atoms with Gasteiger partial charge in [-0.3, -0.25) is 4.79 Å². The van der Waals surface area contributed by atoms with Gasteiger partial charge in [0.2, 0.25) is 11.6 Å². The zero-order valence-electron chi connectivity index (χ0n) is 22.8. The van der Waals surface area contributed by atoms with E-state index in [-0.39, 0.29) is 58.2 Å². The van der Waals surface area contributed by atoms with Crippen molar-refractivity contribution in [1.29, 1.82) is 5.26 Å². The number of rotatable bonds is 11. The second kappa shape index (κ2) is 13.3. The van der Waals surface area contributed by atoms with E-state index in [1.54, 1.807) is 31.2 Å². The molecule has 2 aromatic carbocycles. The van der Waals surface area contributed by atoms with Gasteiger partial charge in [-0.1, -0.05) is 30.3 Å². The minimum absolute atomic E-state index is 0.0150. The number of aromatic nitrogens is 4. The van der Waals surface area contributed by atoms with Gasteiger partial charge in [-0.25, -0.2) is 9.97 Å². The highest BCUT2D eigenvalue weighted by Crippen LogP contribution is 2.35. The molecule has 14 heteroatoms. The lowest BCUT2D eigenvalue weighted by molar-refractivity contribution is -0.142. The Morgan fingerprint density at radius 1 is 1.14 bits per heavy atom. The van der Waals surface area contributed by atoms with Crippen molar-refractivity contribution in [2.24, 2.45) is 0 Å². The highest BCUT2D eigenvalue weighted by Gasteiger charge is 2.39. The summed E-state index contributed by atoms with van der Waals surface area (Å²) in [6.07, 6.45) is -4.09. The Morgan fingerprint density at radius 3 is 2.53 bits per heavy atom. The Labute approximate surface area is 248 Å². The predicted molar refractivity (Wildman–Crippen MR) is 149 cm³/mol.